The number of aliphatic hydroxyl groups is 1. The molecule has 2 heterocycles. The average Bonchev–Trinajstić information content (AvgIpc) is 2.85. The predicted molar refractivity (Wildman–Crippen MR) is 62.0 cm³/mol. The summed E-state index contributed by atoms with van der Waals surface area (Å²) in [5.41, 5.74) is 0. The maximum atomic E-state index is 11.9. The molecular formula is C12H22N2O2. The summed E-state index contributed by atoms with van der Waals surface area (Å²) >= 11 is 0. The molecular weight excluding hydrogens is 204 g/mol. The summed E-state index contributed by atoms with van der Waals surface area (Å²) in [6.07, 6.45) is 4.74. The number of aliphatic hydroxyl groups excluding tert-OH is 1. The van der Waals surface area contributed by atoms with Gasteiger partial charge in [-0.3, -0.25) is 4.79 Å². The van der Waals surface area contributed by atoms with Gasteiger partial charge in [-0.25, -0.2) is 0 Å². The van der Waals surface area contributed by atoms with E-state index in [2.05, 4.69) is 10.6 Å². The number of nitrogens with one attached hydrogen (secondary N) is 2. The zero-order chi connectivity index (χ0) is 11.5. The highest BCUT2D eigenvalue weighted by Crippen LogP contribution is 2.33. The van der Waals surface area contributed by atoms with E-state index < -0.39 is 0 Å². The lowest BCUT2D eigenvalue weighted by Gasteiger charge is -2.19. The molecule has 0 spiro atoms. The van der Waals surface area contributed by atoms with E-state index in [9.17, 15) is 4.79 Å². The summed E-state index contributed by atoms with van der Waals surface area (Å²) in [5.74, 6) is 0.385. The van der Waals surface area contributed by atoms with E-state index >= 15 is 0 Å². The molecule has 2 rings (SSSR count). The lowest BCUT2D eigenvalue weighted by molar-refractivity contribution is -0.125. The zero-order valence-corrected chi connectivity index (χ0v) is 9.91. The molecule has 4 nitrogen and oxygen atoms in total. The van der Waals surface area contributed by atoms with Gasteiger partial charge < -0.3 is 15.7 Å². The molecule has 0 aliphatic carbocycles. The Morgan fingerprint density at radius 1 is 1.56 bits per heavy atom. The molecule has 4 unspecified atom stereocenters. The van der Waals surface area contributed by atoms with Crippen molar-refractivity contribution in [3.63, 3.8) is 0 Å². The maximum absolute atomic E-state index is 11.9. The highest BCUT2D eigenvalue weighted by molar-refractivity contribution is 5.80. The first-order chi connectivity index (χ1) is 7.66. The van der Waals surface area contributed by atoms with Gasteiger partial charge in [-0.2, -0.15) is 0 Å². The first-order valence-electron chi connectivity index (χ1n) is 6.38. The zero-order valence-electron chi connectivity index (χ0n) is 9.91. The van der Waals surface area contributed by atoms with Gasteiger partial charge in [0.15, 0.2) is 0 Å². The van der Waals surface area contributed by atoms with Crippen molar-refractivity contribution in [1.29, 1.82) is 0 Å². The van der Waals surface area contributed by atoms with Gasteiger partial charge in [0.2, 0.25) is 5.91 Å². The number of fused-ring (bicyclic) bond motifs is 2. The number of carbonyl (C=O) groups is 1. The summed E-state index contributed by atoms with van der Waals surface area (Å²) in [5, 5.41) is 15.5. The number of rotatable bonds is 5. The molecule has 2 aliphatic rings. The van der Waals surface area contributed by atoms with E-state index in [0.717, 1.165) is 25.7 Å². The van der Waals surface area contributed by atoms with Crippen molar-refractivity contribution in [2.24, 2.45) is 5.92 Å². The van der Waals surface area contributed by atoms with E-state index in [0.29, 0.717) is 18.6 Å². The van der Waals surface area contributed by atoms with Crippen LogP contribution in [0.4, 0.5) is 0 Å². The Balaban J connectivity index is 1.65. The average molecular weight is 226 g/mol. The second kappa shape index (κ2) is 5.15. The number of hydrogen-bond acceptors (Lipinski definition) is 3. The molecule has 3 N–H and O–H groups in total. The summed E-state index contributed by atoms with van der Waals surface area (Å²) in [6.45, 7) is 2.47. The second-order valence-corrected chi connectivity index (χ2v) is 5.17. The number of hydrogen-bond donors (Lipinski definition) is 3. The van der Waals surface area contributed by atoms with Gasteiger partial charge in [0.1, 0.15) is 0 Å². The van der Waals surface area contributed by atoms with Gasteiger partial charge in [0.05, 0.1) is 12.0 Å². The monoisotopic (exact) mass is 226 g/mol. The van der Waals surface area contributed by atoms with Crippen molar-refractivity contribution in [3.8, 4) is 0 Å². The molecule has 1 amide bonds. The maximum Gasteiger partial charge on any atom is 0.224 e. The SMILES string of the molecule is CC(O)CCCNC(=O)C1CC2CCC1N2. The molecule has 16 heavy (non-hydrogen) atoms. The Bertz CT molecular complexity index is 255. The van der Waals surface area contributed by atoms with Crippen LogP contribution >= 0.6 is 0 Å². The first kappa shape index (κ1) is 11.9. The minimum Gasteiger partial charge on any atom is -0.393 e. The summed E-state index contributed by atoms with van der Waals surface area (Å²) in [6, 6.07) is 1.000. The van der Waals surface area contributed by atoms with E-state index in [4.69, 9.17) is 5.11 Å². The minimum absolute atomic E-state index is 0.185. The third-order valence-electron chi connectivity index (χ3n) is 3.73. The number of carbonyl (C=O) groups excluding carboxylic acids is 1. The fourth-order valence-electron chi connectivity index (χ4n) is 2.85. The quantitative estimate of drug-likeness (QED) is 0.595. The lowest BCUT2D eigenvalue weighted by Crippen LogP contribution is -2.38. The van der Waals surface area contributed by atoms with Crippen LogP contribution in [0.25, 0.3) is 0 Å². The van der Waals surface area contributed by atoms with Crippen molar-refractivity contribution in [2.75, 3.05) is 6.54 Å². The van der Waals surface area contributed by atoms with E-state index in [1.165, 1.54) is 6.42 Å². The van der Waals surface area contributed by atoms with Crippen LogP contribution in [0.1, 0.15) is 39.0 Å². The topological polar surface area (TPSA) is 61.4 Å². The van der Waals surface area contributed by atoms with Crippen LogP contribution in [0.3, 0.4) is 0 Å². The van der Waals surface area contributed by atoms with Crippen molar-refractivity contribution < 1.29 is 9.90 Å². The molecule has 92 valence electrons. The summed E-state index contributed by atoms with van der Waals surface area (Å²) in [4.78, 5) is 11.9. The van der Waals surface area contributed by atoms with Gasteiger partial charge in [-0.05, 0) is 39.0 Å². The van der Waals surface area contributed by atoms with Crippen molar-refractivity contribution >= 4 is 5.91 Å². The smallest absolute Gasteiger partial charge is 0.224 e. The molecule has 2 fully saturated rings. The highest BCUT2D eigenvalue weighted by atomic mass is 16.3. The van der Waals surface area contributed by atoms with Gasteiger partial charge in [-0.15, -0.1) is 0 Å². The molecule has 4 atom stereocenters. The fraction of sp³-hybridized carbons (Fsp3) is 0.917. The van der Waals surface area contributed by atoms with E-state index in [-0.39, 0.29) is 17.9 Å². The van der Waals surface area contributed by atoms with Crippen molar-refractivity contribution in [3.05, 3.63) is 0 Å². The molecule has 0 radical (unpaired) electrons. The molecule has 2 saturated heterocycles. The van der Waals surface area contributed by atoms with Crippen LogP contribution < -0.4 is 10.6 Å². The van der Waals surface area contributed by atoms with Crippen LogP contribution in [0.2, 0.25) is 0 Å². The second-order valence-electron chi connectivity index (χ2n) is 5.17. The number of amides is 1. The predicted octanol–water partition coefficient (Wildman–Crippen LogP) is 0.404. The first-order valence-corrected chi connectivity index (χ1v) is 6.38. The fourth-order valence-corrected chi connectivity index (χ4v) is 2.85. The highest BCUT2D eigenvalue weighted by Gasteiger charge is 2.42. The van der Waals surface area contributed by atoms with Crippen LogP contribution in [-0.2, 0) is 4.79 Å². The molecule has 0 aromatic heterocycles. The Morgan fingerprint density at radius 3 is 2.94 bits per heavy atom. The summed E-state index contributed by atoms with van der Waals surface area (Å²) in [7, 11) is 0. The molecule has 0 saturated carbocycles. The largest absolute Gasteiger partial charge is 0.393 e. The van der Waals surface area contributed by atoms with Gasteiger partial charge in [0, 0.05) is 18.6 Å². The summed E-state index contributed by atoms with van der Waals surface area (Å²) < 4.78 is 0. The minimum atomic E-state index is -0.263. The molecule has 0 aromatic rings. The van der Waals surface area contributed by atoms with Crippen molar-refractivity contribution in [1.82, 2.24) is 10.6 Å². The standard InChI is InChI=1S/C12H22N2O2/c1-8(15)3-2-6-13-12(16)10-7-9-4-5-11(10)14-9/h8-11,14-15H,2-7H2,1H3,(H,13,16). The Kier molecular flexibility index (Phi) is 3.82. The molecule has 2 aliphatic heterocycles. The van der Waals surface area contributed by atoms with Gasteiger partial charge in [0.25, 0.3) is 0 Å². The molecule has 2 bridgehead atoms. The van der Waals surface area contributed by atoms with Gasteiger partial charge in [-0.1, -0.05) is 0 Å². The van der Waals surface area contributed by atoms with Crippen LogP contribution in [-0.4, -0.2) is 35.7 Å². The van der Waals surface area contributed by atoms with Crippen molar-refractivity contribution in [2.45, 2.75) is 57.2 Å². The van der Waals surface area contributed by atoms with E-state index in [1.807, 2.05) is 0 Å². The van der Waals surface area contributed by atoms with Crippen LogP contribution in [0, 0.1) is 5.92 Å². The Labute approximate surface area is 96.8 Å². The van der Waals surface area contributed by atoms with Gasteiger partial charge >= 0.3 is 0 Å². The third kappa shape index (κ3) is 2.74. The normalized spacial score (nSPS) is 34.0. The third-order valence-corrected chi connectivity index (χ3v) is 3.73. The van der Waals surface area contributed by atoms with E-state index in [1.54, 1.807) is 6.92 Å². The lowest BCUT2D eigenvalue weighted by atomic mass is 9.88. The Hall–Kier alpha value is -0.610. The Morgan fingerprint density at radius 2 is 2.38 bits per heavy atom. The molecule has 0 aromatic carbocycles. The van der Waals surface area contributed by atoms with Crippen LogP contribution in [0.5, 0.6) is 0 Å². The molecule has 4 heteroatoms. The van der Waals surface area contributed by atoms with Crippen LogP contribution in [0.15, 0.2) is 0 Å².